The normalized spacial score (nSPS) is 10.8. The predicted molar refractivity (Wildman–Crippen MR) is 90.1 cm³/mol. The summed E-state index contributed by atoms with van der Waals surface area (Å²) in [5.41, 5.74) is 3.78. The SMILES string of the molecule is O=C(N/N=C/c1ccc(F)cc1)Nc1cccc2ccccc12. The van der Waals surface area contributed by atoms with E-state index in [0.717, 1.165) is 10.8 Å². The van der Waals surface area contributed by atoms with Crippen molar-refractivity contribution in [3.63, 3.8) is 0 Å². The smallest absolute Gasteiger partial charge is 0.306 e. The summed E-state index contributed by atoms with van der Waals surface area (Å²) in [6.45, 7) is 0. The van der Waals surface area contributed by atoms with Gasteiger partial charge in [-0.25, -0.2) is 14.6 Å². The van der Waals surface area contributed by atoms with Crippen molar-refractivity contribution in [3.05, 3.63) is 78.1 Å². The van der Waals surface area contributed by atoms with Gasteiger partial charge in [-0.2, -0.15) is 5.10 Å². The molecule has 0 bridgehead atoms. The summed E-state index contributed by atoms with van der Waals surface area (Å²) >= 11 is 0. The number of hydrogen-bond acceptors (Lipinski definition) is 2. The first-order valence-corrected chi connectivity index (χ1v) is 7.06. The van der Waals surface area contributed by atoms with Crippen molar-refractivity contribution in [1.82, 2.24) is 5.43 Å². The highest BCUT2D eigenvalue weighted by molar-refractivity contribution is 6.01. The first-order valence-electron chi connectivity index (χ1n) is 7.06. The number of fused-ring (bicyclic) bond motifs is 1. The van der Waals surface area contributed by atoms with Crippen LogP contribution in [0.1, 0.15) is 5.56 Å². The average Bonchev–Trinajstić information content (AvgIpc) is 2.57. The van der Waals surface area contributed by atoms with Crippen molar-refractivity contribution in [2.75, 3.05) is 5.32 Å². The van der Waals surface area contributed by atoms with Crippen LogP contribution in [0.3, 0.4) is 0 Å². The Bertz CT molecular complexity index is 854. The van der Waals surface area contributed by atoms with Crippen LogP contribution < -0.4 is 10.7 Å². The summed E-state index contributed by atoms with van der Waals surface area (Å²) in [5.74, 6) is -0.316. The van der Waals surface area contributed by atoms with E-state index in [1.165, 1.54) is 18.3 Å². The molecule has 0 aliphatic heterocycles. The molecule has 2 N–H and O–H groups in total. The van der Waals surface area contributed by atoms with E-state index >= 15 is 0 Å². The number of carbonyl (C=O) groups is 1. The number of amides is 2. The zero-order valence-electron chi connectivity index (χ0n) is 12.2. The second-order valence-electron chi connectivity index (χ2n) is 4.90. The number of carbonyl (C=O) groups excluding carboxylic acids is 1. The highest BCUT2D eigenvalue weighted by Gasteiger charge is 2.03. The fraction of sp³-hybridized carbons (Fsp3) is 0. The molecule has 0 fully saturated rings. The van der Waals surface area contributed by atoms with Gasteiger partial charge in [0.2, 0.25) is 0 Å². The first kappa shape index (κ1) is 14.7. The van der Waals surface area contributed by atoms with Crippen molar-refractivity contribution in [2.45, 2.75) is 0 Å². The van der Waals surface area contributed by atoms with Crippen LogP contribution in [0.5, 0.6) is 0 Å². The number of hydrogen-bond donors (Lipinski definition) is 2. The fourth-order valence-corrected chi connectivity index (χ4v) is 2.20. The highest BCUT2D eigenvalue weighted by Crippen LogP contribution is 2.22. The van der Waals surface area contributed by atoms with Crippen LogP contribution in [0.4, 0.5) is 14.9 Å². The lowest BCUT2D eigenvalue weighted by atomic mass is 10.1. The zero-order valence-corrected chi connectivity index (χ0v) is 12.2. The Morgan fingerprint density at radius 1 is 0.957 bits per heavy atom. The second kappa shape index (κ2) is 6.70. The van der Waals surface area contributed by atoms with Gasteiger partial charge in [0.05, 0.1) is 11.9 Å². The molecule has 5 heteroatoms. The molecule has 0 unspecified atom stereocenters. The Morgan fingerprint density at radius 2 is 1.70 bits per heavy atom. The quantitative estimate of drug-likeness (QED) is 0.554. The number of rotatable bonds is 3. The van der Waals surface area contributed by atoms with Crippen LogP contribution >= 0.6 is 0 Å². The van der Waals surface area contributed by atoms with E-state index in [1.807, 2.05) is 42.5 Å². The van der Waals surface area contributed by atoms with E-state index in [0.29, 0.717) is 11.3 Å². The topological polar surface area (TPSA) is 53.5 Å². The standard InChI is InChI=1S/C18H14FN3O/c19-15-10-8-13(9-11-15)12-20-22-18(23)21-17-7-3-5-14-4-1-2-6-16(14)17/h1-12H,(H2,21,22,23)/b20-12+. The van der Waals surface area contributed by atoms with E-state index in [4.69, 9.17) is 0 Å². The third kappa shape index (κ3) is 3.71. The molecule has 3 aromatic carbocycles. The Balaban J connectivity index is 1.66. The Kier molecular flexibility index (Phi) is 4.29. The maximum Gasteiger partial charge on any atom is 0.339 e. The van der Waals surface area contributed by atoms with Gasteiger partial charge in [0, 0.05) is 5.39 Å². The average molecular weight is 307 g/mol. The molecular formula is C18H14FN3O. The summed E-state index contributed by atoms with van der Waals surface area (Å²) in [7, 11) is 0. The molecular weight excluding hydrogens is 293 g/mol. The van der Waals surface area contributed by atoms with Crippen LogP contribution in [0.25, 0.3) is 10.8 Å². The molecule has 0 aromatic heterocycles. The van der Waals surface area contributed by atoms with E-state index in [-0.39, 0.29) is 5.82 Å². The minimum atomic E-state index is -0.445. The molecule has 4 nitrogen and oxygen atoms in total. The summed E-state index contributed by atoms with van der Waals surface area (Å²) < 4.78 is 12.8. The molecule has 0 atom stereocenters. The van der Waals surface area contributed by atoms with Crippen molar-refractivity contribution < 1.29 is 9.18 Å². The summed E-state index contributed by atoms with van der Waals surface area (Å²) in [6, 6.07) is 18.8. The van der Waals surface area contributed by atoms with Gasteiger partial charge in [-0.15, -0.1) is 0 Å². The molecule has 23 heavy (non-hydrogen) atoms. The van der Waals surface area contributed by atoms with Crippen LogP contribution in [0, 0.1) is 5.82 Å². The number of anilines is 1. The molecule has 0 aliphatic rings. The number of hydrazone groups is 1. The molecule has 0 aliphatic carbocycles. The summed E-state index contributed by atoms with van der Waals surface area (Å²) in [6.07, 6.45) is 1.45. The predicted octanol–water partition coefficient (Wildman–Crippen LogP) is 4.13. The van der Waals surface area contributed by atoms with Gasteiger partial charge in [0.1, 0.15) is 5.82 Å². The first-order chi connectivity index (χ1) is 11.2. The van der Waals surface area contributed by atoms with Crippen LogP contribution in [-0.4, -0.2) is 12.2 Å². The van der Waals surface area contributed by atoms with Crippen molar-refractivity contribution in [3.8, 4) is 0 Å². The summed E-state index contributed by atoms with van der Waals surface area (Å²) in [5, 5.41) is 8.59. The van der Waals surface area contributed by atoms with E-state index in [1.54, 1.807) is 12.1 Å². The van der Waals surface area contributed by atoms with E-state index in [9.17, 15) is 9.18 Å². The molecule has 0 radical (unpaired) electrons. The zero-order chi connectivity index (χ0) is 16.1. The van der Waals surface area contributed by atoms with Gasteiger partial charge in [0.15, 0.2) is 0 Å². The van der Waals surface area contributed by atoms with Gasteiger partial charge in [-0.3, -0.25) is 0 Å². The van der Waals surface area contributed by atoms with Gasteiger partial charge in [-0.1, -0.05) is 48.5 Å². The van der Waals surface area contributed by atoms with Crippen LogP contribution in [0.2, 0.25) is 0 Å². The number of urea groups is 1. The monoisotopic (exact) mass is 307 g/mol. The molecule has 0 saturated carbocycles. The third-order valence-electron chi connectivity index (χ3n) is 3.29. The maximum absolute atomic E-state index is 12.8. The fourth-order valence-electron chi connectivity index (χ4n) is 2.20. The van der Waals surface area contributed by atoms with Gasteiger partial charge < -0.3 is 5.32 Å². The largest absolute Gasteiger partial charge is 0.339 e. The number of nitrogens with one attached hydrogen (secondary N) is 2. The number of halogens is 1. The van der Waals surface area contributed by atoms with Crippen molar-refractivity contribution in [2.24, 2.45) is 5.10 Å². The van der Waals surface area contributed by atoms with Gasteiger partial charge in [-0.05, 0) is 29.1 Å². The van der Waals surface area contributed by atoms with Crippen molar-refractivity contribution >= 4 is 28.7 Å². The van der Waals surface area contributed by atoms with E-state index < -0.39 is 6.03 Å². The van der Waals surface area contributed by atoms with Crippen LogP contribution in [0.15, 0.2) is 71.8 Å². The lowest BCUT2D eigenvalue weighted by Crippen LogP contribution is -2.24. The van der Waals surface area contributed by atoms with Gasteiger partial charge >= 0.3 is 6.03 Å². The molecule has 114 valence electrons. The molecule has 0 heterocycles. The third-order valence-corrected chi connectivity index (χ3v) is 3.29. The summed E-state index contributed by atoms with van der Waals surface area (Å²) in [4.78, 5) is 11.9. The Hall–Kier alpha value is -3.21. The molecule has 0 spiro atoms. The molecule has 2 amide bonds. The van der Waals surface area contributed by atoms with Crippen LogP contribution in [-0.2, 0) is 0 Å². The molecule has 3 aromatic rings. The Morgan fingerprint density at radius 3 is 2.52 bits per heavy atom. The lowest BCUT2D eigenvalue weighted by Gasteiger charge is -2.07. The number of benzene rings is 3. The highest BCUT2D eigenvalue weighted by atomic mass is 19.1. The minimum absolute atomic E-state index is 0.316. The lowest BCUT2D eigenvalue weighted by molar-refractivity contribution is 0.252. The maximum atomic E-state index is 12.8. The molecule has 0 saturated heterocycles. The molecule has 3 rings (SSSR count). The Labute approximate surface area is 132 Å². The number of nitrogens with zero attached hydrogens (tertiary/aromatic N) is 1. The van der Waals surface area contributed by atoms with E-state index in [2.05, 4.69) is 15.8 Å². The van der Waals surface area contributed by atoms with Crippen molar-refractivity contribution in [1.29, 1.82) is 0 Å². The second-order valence-corrected chi connectivity index (χ2v) is 4.90. The van der Waals surface area contributed by atoms with Gasteiger partial charge in [0.25, 0.3) is 0 Å². The minimum Gasteiger partial charge on any atom is -0.306 e.